The van der Waals surface area contributed by atoms with Crippen LogP contribution >= 0.6 is 0 Å². The van der Waals surface area contributed by atoms with Crippen LogP contribution in [-0.4, -0.2) is 13.4 Å². The van der Waals surface area contributed by atoms with Crippen LogP contribution in [0.5, 0.6) is 23.0 Å². The molecule has 4 aliphatic rings. The van der Waals surface area contributed by atoms with Gasteiger partial charge in [0.05, 0.1) is 0 Å². The van der Waals surface area contributed by atoms with Gasteiger partial charge in [-0.3, -0.25) is 0 Å². The van der Waals surface area contributed by atoms with Gasteiger partial charge in [0.1, 0.15) is 23.0 Å². The summed E-state index contributed by atoms with van der Waals surface area (Å²) < 4.78 is 13.5. The Morgan fingerprint density at radius 2 is 0.881 bits per heavy atom. The molecule has 0 saturated heterocycles. The normalized spacial score (nSPS) is 14.0. The smallest absolute Gasteiger partial charge is 0.252 e. The first-order valence-electron chi connectivity index (χ1n) is 14.7. The van der Waals surface area contributed by atoms with E-state index in [1.54, 1.807) is 0 Å². The molecule has 4 heterocycles. The van der Waals surface area contributed by atoms with Gasteiger partial charge in [0.15, 0.2) is 0 Å². The van der Waals surface area contributed by atoms with Crippen LogP contribution in [0.15, 0.2) is 121 Å². The SMILES string of the molecule is c1ccc(-c2c3cccc4c3c3c5c(cccc25)B2c5ccccc5Oc5cc6c(c-3c52)B4c2ccccc2O6)cc1. The van der Waals surface area contributed by atoms with Gasteiger partial charge in [-0.15, -0.1) is 0 Å². The van der Waals surface area contributed by atoms with Crippen molar-refractivity contribution in [2.24, 2.45) is 0 Å². The average molecular weight is 530 g/mol. The Morgan fingerprint density at radius 3 is 1.45 bits per heavy atom. The van der Waals surface area contributed by atoms with Crippen LogP contribution in [0.4, 0.5) is 0 Å². The van der Waals surface area contributed by atoms with E-state index in [-0.39, 0.29) is 13.4 Å². The lowest BCUT2D eigenvalue weighted by atomic mass is 9.27. The van der Waals surface area contributed by atoms with E-state index >= 15 is 0 Å². The quantitative estimate of drug-likeness (QED) is 0.215. The van der Waals surface area contributed by atoms with Crippen LogP contribution in [-0.2, 0) is 0 Å². The first-order chi connectivity index (χ1) is 20.9. The molecule has 0 unspecified atom stereocenters. The van der Waals surface area contributed by atoms with Crippen molar-refractivity contribution in [1.82, 2.24) is 0 Å². The Bertz CT molecular complexity index is 2240. The molecule has 4 aliphatic heterocycles. The Kier molecular flexibility index (Phi) is 3.76. The molecule has 42 heavy (non-hydrogen) atoms. The monoisotopic (exact) mass is 530 g/mol. The Morgan fingerprint density at radius 1 is 0.381 bits per heavy atom. The molecular weight excluding hydrogens is 510 g/mol. The molecule has 2 nitrogen and oxygen atoms in total. The highest BCUT2D eigenvalue weighted by molar-refractivity contribution is 7.04. The maximum atomic E-state index is 6.73. The molecule has 0 fully saturated rings. The summed E-state index contributed by atoms with van der Waals surface area (Å²) in [4.78, 5) is 0. The lowest BCUT2D eigenvalue weighted by Crippen LogP contribution is -2.64. The molecule has 0 bridgehead atoms. The molecular formula is C38H20B2O2. The maximum absolute atomic E-state index is 6.73. The van der Waals surface area contributed by atoms with Gasteiger partial charge >= 0.3 is 0 Å². The fraction of sp³-hybridized carbons (Fsp3) is 0. The van der Waals surface area contributed by atoms with Crippen molar-refractivity contribution in [3.63, 3.8) is 0 Å². The second-order valence-corrected chi connectivity index (χ2v) is 11.9. The van der Waals surface area contributed by atoms with Crippen LogP contribution in [0, 0.1) is 0 Å². The first kappa shape index (κ1) is 21.5. The van der Waals surface area contributed by atoms with Crippen molar-refractivity contribution in [2.45, 2.75) is 0 Å². The van der Waals surface area contributed by atoms with Gasteiger partial charge in [-0.1, -0.05) is 114 Å². The van der Waals surface area contributed by atoms with E-state index in [1.165, 1.54) is 76.6 Å². The molecule has 0 saturated carbocycles. The predicted molar refractivity (Wildman–Crippen MR) is 175 cm³/mol. The molecule has 0 radical (unpaired) electrons. The van der Waals surface area contributed by atoms with E-state index in [0.717, 1.165) is 23.0 Å². The van der Waals surface area contributed by atoms with Crippen molar-refractivity contribution in [3.05, 3.63) is 121 Å². The minimum absolute atomic E-state index is 0.0885. The highest BCUT2D eigenvalue weighted by Gasteiger charge is 2.48. The number of hydrogen-bond donors (Lipinski definition) is 0. The van der Waals surface area contributed by atoms with Crippen LogP contribution in [0.2, 0.25) is 0 Å². The van der Waals surface area contributed by atoms with Crippen LogP contribution in [0.1, 0.15) is 0 Å². The number of para-hydroxylation sites is 2. The number of hydrogen-bond acceptors (Lipinski definition) is 2. The molecule has 0 N–H and O–H groups in total. The topological polar surface area (TPSA) is 18.5 Å². The summed E-state index contributed by atoms with van der Waals surface area (Å²) in [6.45, 7) is 0.177. The number of ether oxygens (including phenoxy) is 2. The van der Waals surface area contributed by atoms with Gasteiger partial charge in [-0.2, -0.15) is 0 Å². The van der Waals surface area contributed by atoms with Crippen LogP contribution < -0.4 is 42.3 Å². The Labute approximate surface area is 243 Å². The van der Waals surface area contributed by atoms with E-state index in [1.807, 2.05) is 0 Å². The van der Waals surface area contributed by atoms with Gasteiger partial charge in [0, 0.05) is 6.07 Å². The summed E-state index contributed by atoms with van der Waals surface area (Å²) in [5.74, 6) is 3.67. The maximum Gasteiger partial charge on any atom is 0.252 e. The zero-order valence-corrected chi connectivity index (χ0v) is 22.5. The average Bonchev–Trinajstić information content (AvgIpc) is 3.04. The molecule has 0 amide bonds. The molecule has 7 aromatic rings. The third-order valence-electron chi connectivity index (χ3n) is 9.98. The summed E-state index contributed by atoms with van der Waals surface area (Å²) in [6, 6.07) is 44.1. The molecule has 11 rings (SSSR count). The zero-order valence-electron chi connectivity index (χ0n) is 22.5. The summed E-state index contributed by atoms with van der Waals surface area (Å²) in [6.07, 6.45) is 0. The minimum Gasteiger partial charge on any atom is -0.458 e. The number of fused-ring (bicyclic) bond motifs is 6. The highest BCUT2D eigenvalue weighted by Crippen LogP contribution is 2.48. The molecule has 7 aromatic carbocycles. The molecule has 4 heteroatoms. The van der Waals surface area contributed by atoms with Crippen molar-refractivity contribution in [3.8, 4) is 45.3 Å². The minimum atomic E-state index is 0.0885. The predicted octanol–water partition coefficient (Wildman–Crippen LogP) is 5.20. The lowest BCUT2D eigenvalue weighted by Gasteiger charge is -2.41. The van der Waals surface area contributed by atoms with Gasteiger partial charge in [-0.25, -0.2) is 0 Å². The van der Waals surface area contributed by atoms with Gasteiger partial charge in [0.25, 0.3) is 13.4 Å². The fourth-order valence-corrected chi connectivity index (χ4v) is 8.53. The summed E-state index contributed by atoms with van der Waals surface area (Å²) in [5.41, 5.74) is 13.0. The Hall–Kier alpha value is -5.21. The zero-order chi connectivity index (χ0) is 27.1. The fourth-order valence-electron chi connectivity index (χ4n) is 8.53. The van der Waals surface area contributed by atoms with Gasteiger partial charge in [0.2, 0.25) is 0 Å². The van der Waals surface area contributed by atoms with Gasteiger partial charge < -0.3 is 9.47 Å². The van der Waals surface area contributed by atoms with E-state index < -0.39 is 0 Å². The summed E-state index contributed by atoms with van der Waals surface area (Å²) in [7, 11) is 0. The molecule has 190 valence electrons. The second-order valence-electron chi connectivity index (χ2n) is 11.9. The molecule has 0 aromatic heterocycles. The van der Waals surface area contributed by atoms with Crippen molar-refractivity contribution in [1.29, 1.82) is 0 Å². The molecule has 0 aliphatic carbocycles. The van der Waals surface area contributed by atoms with Crippen molar-refractivity contribution >= 4 is 67.7 Å². The molecule has 0 atom stereocenters. The lowest BCUT2D eigenvalue weighted by molar-refractivity contribution is 0.466. The van der Waals surface area contributed by atoms with Gasteiger partial charge in [-0.05, 0) is 77.8 Å². The van der Waals surface area contributed by atoms with Crippen LogP contribution in [0.3, 0.4) is 0 Å². The van der Waals surface area contributed by atoms with E-state index in [0.29, 0.717) is 0 Å². The summed E-state index contributed by atoms with van der Waals surface area (Å²) >= 11 is 0. The summed E-state index contributed by atoms with van der Waals surface area (Å²) in [5, 5.41) is 5.34. The third kappa shape index (κ3) is 2.39. The standard InChI is InChI=1S/C38H20B2O2/c1-2-10-21(11-3-1)32-22-12-8-16-26-33(22)35-34-23(32)13-9-17-27(34)40-25-15-5-7-19-29(25)42-31-20-30-37(36(35)38(31)40)39(26)24-14-4-6-18-28(24)41-30/h1-20H. The number of rotatable bonds is 1. The number of benzene rings is 7. The largest absolute Gasteiger partial charge is 0.458 e. The van der Waals surface area contributed by atoms with Crippen molar-refractivity contribution in [2.75, 3.05) is 0 Å². The van der Waals surface area contributed by atoms with Crippen molar-refractivity contribution < 1.29 is 9.47 Å². The third-order valence-corrected chi connectivity index (χ3v) is 9.98. The second kappa shape index (κ2) is 7.35. The Balaban J connectivity index is 1.43. The van der Waals surface area contributed by atoms with E-state index in [9.17, 15) is 0 Å². The van der Waals surface area contributed by atoms with E-state index in [4.69, 9.17) is 9.47 Å². The van der Waals surface area contributed by atoms with E-state index in [2.05, 4.69) is 121 Å². The first-order valence-corrected chi connectivity index (χ1v) is 14.7. The molecule has 0 spiro atoms. The van der Waals surface area contributed by atoms with Crippen LogP contribution in [0.25, 0.3) is 43.8 Å². The highest BCUT2D eigenvalue weighted by atomic mass is 16.5.